The van der Waals surface area contributed by atoms with Crippen molar-refractivity contribution < 1.29 is 13.2 Å². The minimum atomic E-state index is -3.94. The van der Waals surface area contributed by atoms with E-state index in [1.54, 1.807) is 24.3 Å². The molecule has 1 unspecified atom stereocenters. The SMILES string of the molecule is CCCCCC(N)Oc1ccc2ccccc2c1S(=O)(=O)Cl. The molecule has 0 radical (unpaired) electrons. The Morgan fingerprint density at radius 1 is 1.18 bits per heavy atom. The van der Waals surface area contributed by atoms with Crippen LogP contribution in [0.25, 0.3) is 10.8 Å². The number of hydrogen-bond donors (Lipinski definition) is 1. The van der Waals surface area contributed by atoms with Crippen LogP contribution in [-0.4, -0.2) is 14.6 Å². The van der Waals surface area contributed by atoms with Crippen molar-refractivity contribution in [2.45, 2.75) is 43.7 Å². The van der Waals surface area contributed by atoms with Gasteiger partial charge in [0.25, 0.3) is 9.05 Å². The van der Waals surface area contributed by atoms with Gasteiger partial charge >= 0.3 is 0 Å². The molecule has 6 heteroatoms. The van der Waals surface area contributed by atoms with Gasteiger partial charge in [-0.2, -0.15) is 0 Å². The molecule has 2 rings (SSSR count). The van der Waals surface area contributed by atoms with Crippen LogP contribution in [0.2, 0.25) is 0 Å². The normalized spacial score (nSPS) is 13.2. The number of rotatable bonds is 7. The Morgan fingerprint density at radius 2 is 1.91 bits per heavy atom. The number of benzene rings is 2. The minimum Gasteiger partial charge on any atom is -0.474 e. The molecule has 0 aliphatic heterocycles. The second-order valence-electron chi connectivity index (χ2n) is 5.20. The van der Waals surface area contributed by atoms with Crippen molar-refractivity contribution in [3.8, 4) is 5.75 Å². The highest BCUT2D eigenvalue weighted by Gasteiger charge is 2.22. The van der Waals surface area contributed by atoms with Crippen molar-refractivity contribution in [1.82, 2.24) is 0 Å². The summed E-state index contributed by atoms with van der Waals surface area (Å²) < 4.78 is 29.5. The van der Waals surface area contributed by atoms with Crippen LogP contribution in [0.5, 0.6) is 5.75 Å². The molecular weight excluding hydrogens is 322 g/mol. The predicted molar refractivity (Wildman–Crippen MR) is 89.7 cm³/mol. The van der Waals surface area contributed by atoms with Crippen molar-refractivity contribution in [1.29, 1.82) is 0 Å². The van der Waals surface area contributed by atoms with Gasteiger partial charge in [-0.3, -0.25) is 5.73 Å². The van der Waals surface area contributed by atoms with Crippen LogP contribution in [0.15, 0.2) is 41.3 Å². The molecule has 0 bridgehead atoms. The second-order valence-corrected chi connectivity index (χ2v) is 7.71. The smallest absolute Gasteiger partial charge is 0.265 e. The molecule has 0 fully saturated rings. The Morgan fingerprint density at radius 3 is 2.59 bits per heavy atom. The molecule has 0 aliphatic carbocycles. The van der Waals surface area contributed by atoms with Crippen LogP contribution in [0, 0.1) is 0 Å². The topological polar surface area (TPSA) is 69.4 Å². The maximum atomic E-state index is 12.0. The molecule has 2 N–H and O–H groups in total. The molecule has 2 aromatic rings. The van der Waals surface area contributed by atoms with Crippen LogP contribution < -0.4 is 10.5 Å². The summed E-state index contributed by atoms with van der Waals surface area (Å²) in [5, 5.41) is 1.32. The summed E-state index contributed by atoms with van der Waals surface area (Å²) in [6.07, 6.45) is 3.21. The quantitative estimate of drug-likeness (QED) is 0.469. The molecule has 0 spiro atoms. The van der Waals surface area contributed by atoms with Gasteiger partial charge in [-0.15, -0.1) is 0 Å². The van der Waals surface area contributed by atoms with Crippen LogP contribution in [0.4, 0.5) is 0 Å². The third-order valence-corrected chi connectivity index (χ3v) is 4.83. The van der Waals surface area contributed by atoms with Gasteiger partial charge in [0, 0.05) is 16.1 Å². The van der Waals surface area contributed by atoms with Crippen LogP contribution >= 0.6 is 10.7 Å². The zero-order valence-corrected chi connectivity index (χ0v) is 14.0. The number of halogens is 1. The summed E-state index contributed by atoms with van der Waals surface area (Å²) in [4.78, 5) is -0.0155. The summed E-state index contributed by atoms with van der Waals surface area (Å²) in [6, 6.07) is 10.5. The van der Waals surface area contributed by atoms with E-state index in [1.165, 1.54) is 0 Å². The zero-order valence-electron chi connectivity index (χ0n) is 12.5. The lowest BCUT2D eigenvalue weighted by Gasteiger charge is -2.17. The fourth-order valence-electron chi connectivity index (χ4n) is 2.38. The molecule has 0 aliphatic rings. The van der Waals surface area contributed by atoms with E-state index in [-0.39, 0.29) is 10.6 Å². The highest BCUT2D eigenvalue weighted by Crippen LogP contribution is 2.35. The van der Waals surface area contributed by atoms with Crippen molar-refractivity contribution in [2.24, 2.45) is 5.73 Å². The number of fused-ring (bicyclic) bond motifs is 1. The fraction of sp³-hybridized carbons (Fsp3) is 0.375. The Kier molecular flexibility index (Phi) is 5.67. The maximum absolute atomic E-state index is 12.0. The van der Waals surface area contributed by atoms with Crippen molar-refractivity contribution in [2.75, 3.05) is 0 Å². The van der Waals surface area contributed by atoms with Gasteiger partial charge < -0.3 is 4.74 Å². The third-order valence-electron chi connectivity index (χ3n) is 3.46. The van der Waals surface area contributed by atoms with E-state index in [9.17, 15) is 8.42 Å². The molecule has 0 aromatic heterocycles. The van der Waals surface area contributed by atoms with E-state index in [0.29, 0.717) is 11.8 Å². The molecule has 0 heterocycles. The van der Waals surface area contributed by atoms with Gasteiger partial charge in [-0.05, 0) is 24.3 Å². The Balaban J connectivity index is 2.37. The lowest BCUT2D eigenvalue weighted by Crippen LogP contribution is -2.27. The van der Waals surface area contributed by atoms with E-state index in [0.717, 1.165) is 24.6 Å². The first-order valence-corrected chi connectivity index (χ1v) is 9.63. The summed E-state index contributed by atoms with van der Waals surface area (Å²) in [5.74, 6) is 0.206. The Labute approximate surface area is 135 Å². The Hall–Kier alpha value is -1.30. The first-order chi connectivity index (χ1) is 10.4. The number of ether oxygens (including phenoxy) is 1. The fourth-order valence-corrected chi connectivity index (χ4v) is 3.67. The van der Waals surface area contributed by atoms with E-state index in [4.69, 9.17) is 21.2 Å². The van der Waals surface area contributed by atoms with E-state index in [2.05, 4.69) is 6.92 Å². The standard InChI is InChI=1S/C16H20ClNO3S/c1-2-3-4-9-15(18)21-14-11-10-12-7-5-6-8-13(12)16(14)22(17,19)20/h5-8,10-11,15H,2-4,9,18H2,1H3. The molecule has 0 saturated carbocycles. The van der Waals surface area contributed by atoms with Gasteiger partial charge in [-0.25, -0.2) is 8.42 Å². The molecule has 120 valence electrons. The lowest BCUT2D eigenvalue weighted by atomic mass is 10.1. The summed E-state index contributed by atoms with van der Waals surface area (Å²) in [6.45, 7) is 2.11. The predicted octanol–water partition coefficient (Wildman–Crippen LogP) is 4.01. The number of unbranched alkanes of at least 4 members (excludes halogenated alkanes) is 2. The minimum absolute atomic E-state index is 0.0155. The summed E-state index contributed by atoms with van der Waals surface area (Å²) >= 11 is 0. The van der Waals surface area contributed by atoms with Crippen LogP contribution in [-0.2, 0) is 9.05 Å². The third kappa shape index (κ3) is 4.12. The number of nitrogens with two attached hydrogens (primary N) is 1. The Bertz CT molecular complexity index is 746. The maximum Gasteiger partial charge on any atom is 0.265 e. The molecule has 0 amide bonds. The largest absolute Gasteiger partial charge is 0.474 e. The molecule has 2 aromatic carbocycles. The first-order valence-electron chi connectivity index (χ1n) is 7.32. The van der Waals surface area contributed by atoms with Crippen LogP contribution in [0.3, 0.4) is 0 Å². The van der Waals surface area contributed by atoms with Gasteiger partial charge in [0.2, 0.25) is 0 Å². The van der Waals surface area contributed by atoms with E-state index < -0.39 is 15.3 Å². The zero-order chi connectivity index (χ0) is 16.2. The van der Waals surface area contributed by atoms with E-state index in [1.807, 2.05) is 12.1 Å². The first kappa shape index (κ1) is 17.1. The van der Waals surface area contributed by atoms with E-state index >= 15 is 0 Å². The van der Waals surface area contributed by atoms with Crippen LogP contribution in [0.1, 0.15) is 32.6 Å². The van der Waals surface area contributed by atoms with Crippen molar-refractivity contribution >= 4 is 30.5 Å². The van der Waals surface area contributed by atoms with Crippen molar-refractivity contribution in [3.63, 3.8) is 0 Å². The molecule has 1 atom stereocenters. The average molecular weight is 342 g/mol. The van der Waals surface area contributed by atoms with Gasteiger partial charge in [-0.1, -0.05) is 50.1 Å². The highest BCUT2D eigenvalue weighted by atomic mass is 35.7. The highest BCUT2D eigenvalue weighted by molar-refractivity contribution is 8.14. The molecular formula is C16H20ClNO3S. The summed E-state index contributed by atoms with van der Waals surface area (Å²) in [7, 11) is 1.67. The second kappa shape index (κ2) is 7.31. The molecule has 4 nitrogen and oxygen atoms in total. The number of hydrogen-bond acceptors (Lipinski definition) is 4. The lowest BCUT2D eigenvalue weighted by molar-refractivity contribution is 0.190. The van der Waals surface area contributed by atoms with Gasteiger partial charge in [0.1, 0.15) is 16.9 Å². The van der Waals surface area contributed by atoms with Gasteiger partial charge in [0.15, 0.2) is 0 Å². The van der Waals surface area contributed by atoms with Crippen molar-refractivity contribution in [3.05, 3.63) is 36.4 Å². The van der Waals surface area contributed by atoms with Gasteiger partial charge in [0.05, 0.1) is 0 Å². The molecule has 0 saturated heterocycles. The average Bonchev–Trinajstić information content (AvgIpc) is 2.46. The monoisotopic (exact) mass is 341 g/mol. The summed E-state index contributed by atoms with van der Waals surface area (Å²) in [5.41, 5.74) is 5.94. The molecule has 22 heavy (non-hydrogen) atoms.